The van der Waals surface area contributed by atoms with E-state index in [2.05, 4.69) is 0 Å². The highest BCUT2D eigenvalue weighted by atomic mass is 16.5. The third kappa shape index (κ3) is 11.9. The maximum Gasteiger partial charge on any atom is 0.326 e. The molecule has 21 heteroatoms. The number of carboxylic acid groups (broad SMARTS) is 1. The zero-order valence-corrected chi connectivity index (χ0v) is 31.3. The zero-order valence-electron chi connectivity index (χ0n) is 31.3. The van der Waals surface area contributed by atoms with Gasteiger partial charge in [0.1, 0.15) is 19.5 Å². The van der Waals surface area contributed by atoms with Crippen molar-refractivity contribution in [3.8, 4) is 0 Å². The molecule has 0 aromatic heterocycles. The number of amides is 12. The summed E-state index contributed by atoms with van der Waals surface area (Å²) in [5.41, 5.74) is 0. The molecule has 21 nitrogen and oxygen atoms in total. The predicted octanol–water partition coefficient (Wildman–Crippen LogP) is -1.38. The van der Waals surface area contributed by atoms with Gasteiger partial charge in [-0.05, 0) is 32.1 Å². The molecule has 6 heterocycles. The first-order valence-electron chi connectivity index (χ1n) is 18.1. The van der Waals surface area contributed by atoms with Gasteiger partial charge in [-0.25, -0.2) is 4.79 Å². The van der Waals surface area contributed by atoms with Crippen LogP contribution in [0.1, 0.15) is 44.9 Å². The fourth-order valence-corrected chi connectivity index (χ4v) is 5.88. The van der Waals surface area contributed by atoms with E-state index in [0.29, 0.717) is 30.8 Å². The van der Waals surface area contributed by atoms with Gasteiger partial charge in [-0.15, -0.1) is 0 Å². The molecule has 0 fully saturated rings. The number of carbonyl (C=O) groups is 13. The quantitative estimate of drug-likeness (QED) is 0.123. The van der Waals surface area contributed by atoms with Crippen molar-refractivity contribution in [2.45, 2.75) is 51.0 Å². The van der Waals surface area contributed by atoms with Crippen LogP contribution in [0.5, 0.6) is 0 Å². The Morgan fingerprint density at radius 3 is 0.932 bits per heavy atom. The van der Waals surface area contributed by atoms with E-state index in [4.69, 9.17) is 9.84 Å². The second-order valence-electron chi connectivity index (χ2n) is 13.0. The van der Waals surface area contributed by atoms with Crippen molar-refractivity contribution in [3.05, 3.63) is 72.9 Å². The minimum absolute atomic E-state index is 0.0676. The van der Waals surface area contributed by atoms with E-state index in [1.165, 1.54) is 46.3 Å². The lowest BCUT2D eigenvalue weighted by atomic mass is 10.1. The molecule has 0 spiro atoms. The van der Waals surface area contributed by atoms with Crippen molar-refractivity contribution < 1.29 is 72.2 Å². The molecule has 0 radical (unpaired) electrons. The van der Waals surface area contributed by atoms with Crippen LogP contribution in [-0.4, -0.2) is 150 Å². The lowest BCUT2D eigenvalue weighted by Gasteiger charge is -2.22. The molecule has 0 saturated carbocycles. The second-order valence-corrected chi connectivity index (χ2v) is 13.0. The van der Waals surface area contributed by atoms with E-state index < -0.39 is 59.3 Å². The van der Waals surface area contributed by atoms with Gasteiger partial charge in [0.05, 0.1) is 0 Å². The Kier molecular flexibility index (Phi) is 15.6. The van der Waals surface area contributed by atoms with E-state index in [-0.39, 0.29) is 50.1 Å². The smallest absolute Gasteiger partial charge is 0.326 e. The summed E-state index contributed by atoms with van der Waals surface area (Å²) in [6.07, 6.45) is 18.0. The number of hydrogen-bond acceptors (Lipinski definition) is 14. The van der Waals surface area contributed by atoms with Gasteiger partial charge < -0.3 is 9.84 Å². The molecular weight excluding hydrogens is 780 g/mol. The van der Waals surface area contributed by atoms with E-state index in [1.54, 1.807) is 0 Å². The fourth-order valence-electron chi connectivity index (χ4n) is 5.88. The topological polar surface area (TPSA) is 271 Å². The van der Waals surface area contributed by atoms with Crippen LogP contribution in [0.15, 0.2) is 72.9 Å². The highest BCUT2D eigenvalue weighted by Crippen LogP contribution is 2.16. The highest BCUT2D eigenvalue weighted by molar-refractivity contribution is 6.16. The van der Waals surface area contributed by atoms with Gasteiger partial charge in [-0.2, -0.15) is 0 Å². The van der Waals surface area contributed by atoms with Crippen LogP contribution in [0.25, 0.3) is 0 Å². The van der Waals surface area contributed by atoms with E-state index in [1.807, 2.05) is 0 Å². The lowest BCUT2D eigenvalue weighted by molar-refractivity contribution is -0.153. The zero-order chi connectivity index (χ0) is 43.2. The Balaban J connectivity index is 0.000000197. The molecule has 6 aliphatic rings. The first kappa shape index (κ1) is 44.4. The van der Waals surface area contributed by atoms with E-state index in [0.717, 1.165) is 76.8 Å². The number of rotatable bonds is 18. The van der Waals surface area contributed by atoms with Crippen molar-refractivity contribution >= 4 is 76.9 Å². The summed E-state index contributed by atoms with van der Waals surface area (Å²) in [5.74, 6) is -6.28. The molecule has 59 heavy (non-hydrogen) atoms. The van der Waals surface area contributed by atoms with Crippen LogP contribution < -0.4 is 0 Å². The van der Waals surface area contributed by atoms with Gasteiger partial charge in [-0.1, -0.05) is 12.8 Å². The number of carbonyl (C=O) groups excluding carboxylic acids is 12. The maximum absolute atomic E-state index is 11.5. The van der Waals surface area contributed by atoms with Crippen molar-refractivity contribution in [2.24, 2.45) is 0 Å². The van der Waals surface area contributed by atoms with E-state index >= 15 is 0 Å². The summed E-state index contributed by atoms with van der Waals surface area (Å²) in [5, 5.41) is 9.16. The van der Waals surface area contributed by atoms with Gasteiger partial charge >= 0.3 is 5.97 Å². The molecule has 6 rings (SSSR count). The molecule has 0 saturated heterocycles. The van der Waals surface area contributed by atoms with E-state index in [9.17, 15) is 62.3 Å². The minimum atomic E-state index is -1.26. The fraction of sp³-hybridized carbons (Fsp3) is 0.342. The summed E-state index contributed by atoms with van der Waals surface area (Å²) in [4.78, 5) is 152. The highest BCUT2D eigenvalue weighted by Gasteiger charge is 2.35. The number of imide groups is 6. The average molecular weight is 819 g/mol. The number of carboxylic acids is 1. The molecule has 6 aliphatic heterocycles. The molecule has 1 atom stereocenters. The summed E-state index contributed by atoms with van der Waals surface area (Å²) < 4.78 is 4.97. The Hall–Kier alpha value is -7.29. The van der Waals surface area contributed by atoms with Gasteiger partial charge in [0.15, 0.2) is 0 Å². The molecular formula is C38H38N6O15. The molecule has 0 bridgehead atoms. The van der Waals surface area contributed by atoms with Gasteiger partial charge in [-0.3, -0.25) is 86.9 Å². The number of hydrogen-bond donors (Lipinski definition) is 1. The Bertz CT molecular complexity index is 1830. The van der Waals surface area contributed by atoms with Crippen molar-refractivity contribution in [1.29, 1.82) is 0 Å². The Morgan fingerprint density at radius 2 is 0.644 bits per heavy atom. The van der Waals surface area contributed by atoms with Crippen LogP contribution in [0.4, 0.5) is 0 Å². The van der Waals surface area contributed by atoms with Crippen LogP contribution in [0.3, 0.4) is 0 Å². The number of nitrogens with zero attached hydrogens (tertiary/aromatic N) is 6. The van der Waals surface area contributed by atoms with Crippen molar-refractivity contribution in [1.82, 2.24) is 29.4 Å². The largest absolute Gasteiger partial charge is 0.480 e. The van der Waals surface area contributed by atoms with Crippen LogP contribution in [-0.2, 0) is 67.1 Å². The number of aliphatic carboxylic acids is 1. The minimum Gasteiger partial charge on any atom is -0.480 e. The summed E-state index contributed by atoms with van der Waals surface area (Å²) in [6.45, 7) is 0.447. The van der Waals surface area contributed by atoms with Crippen molar-refractivity contribution in [3.63, 3.8) is 0 Å². The lowest BCUT2D eigenvalue weighted by Crippen LogP contribution is -2.45. The monoisotopic (exact) mass is 818 g/mol. The number of unbranched alkanes of at least 4 members (excludes halogenated alkanes) is 4. The molecule has 12 amide bonds. The second kappa shape index (κ2) is 20.8. The standard InChI is InChI=1S/C14H14N2O6.C14H16N2O4.C10H8N2O5/c17-10-4-5-11(18)15(10)8-2-1-3-9(14(21)22)16-12(19)6-7-13(16)20;17-11-5-6-12(18)15(11)9-3-1-2-4-10-16-13(19)7-8-14(16)20;13-7-1-2-8(14)11(7)5-17-6-12-9(15)3-4-10(12)16/h4-7,9H,1-3,8H2,(H,21,22);5-8H,1-4,9-10H2;1-4H,5-6H2. The molecule has 1 N–H and O–H groups in total. The number of ether oxygens (including phenoxy) is 1. The first-order valence-corrected chi connectivity index (χ1v) is 18.1. The molecule has 0 aliphatic carbocycles. The molecule has 1 unspecified atom stereocenters. The normalized spacial score (nSPS) is 18.6. The first-order chi connectivity index (χ1) is 28.1. The third-order valence-electron chi connectivity index (χ3n) is 9.01. The van der Waals surface area contributed by atoms with Gasteiger partial charge in [0, 0.05) is 92.5 Å². The maximum atomic E-state index is 11.5. The Morgan fingerprint density at radius 1 is 0.390 bits per heavy atom. The Labute approximate surface area is 335 Å². The van der Waals surface area contributed by atoms with Gasteiger partial charge in [0.2, 0.25) is 0 Å². The van der Waals surface area contributed by atoms with Gasteiger partial charge in [0.25, 0.3) is 70.9 Å². The summed E-state index contributed by atoms with van der Waals surface area (Å²) in [6, 6.07) is -1.24. The van der Waals surface area contributed by atoms with Crippen LogP contribution in [0, 0.1) is 0 Å². The molecule has 310 valence electrons. The summed E-state index contributed by atoms with van der Waals surface area (Å²) in [7, 11) is 0. The molecule has 0 aromatic rings. The third-order valence-corrected chi connectivity index (χ3v) is 9.01. The SMILES string of the molecule is O=C(O)C(CCCCN1C(=O)C=CC1=O)N1C(=O)C=CC1=O.O=C1C=CC(=O)N1CCCCCCN1C(=O)C=CC1=O.O=C1C=CC(=O)N1COCN1C(=O)C=CC1=O. The summed E-state index contributed by atoms with van der Waals surface area (Å²) >= 11 is 0. The van der Waals surface area contributed by atoms with Crippen LogP contribution in [0.2, 0.25) is 0 Å². The average Bonchev–Trinajstić information content (AvgIpc) is 4.03. The van der Waals surface area contributed by atoms with Crippen molar-refractivity contribution in [2.75, 3.05) is 33.1 Å². The predicted molar refractivity (Wildman–Crippen MR) is 195 cm³/mol. The van der Waals surface area contributed by atoms with Crippen LogP contribution >= 0.6 is 0 Å². The molecule has 0 aromatic carbocycles.